The highest BCUT2D eigenvalue weighted by Gasteiger charge is 2.29. The van der Waals surface area contributed by atoms with Crippen LogP contribution in [0.15, 0.2) is 48.5 Å². The van der Waals surface area contributed by atoms with Crippen molar-refractivity contribution in [2.75, 3.05) is 26.0 Å². The minimum atomic E-state index is -3.55. The average Bonchev–Trinajstić information content (AvgIpc) is 2.86. The van der Waals surface area contributed by atoms with E-state index < -0.39 is 33.7 Å². The summed E-state index contributed by atoms with van der Waals surface area (Å²) in [7, 11) is -3.55. The van der Waals surface area contributed by atoms with Gasteiger partial charge in [-0.05, 0) is 63.1 Å². The third kappa shape index (κ3) is 15.8. The van der Waals surface area contributed by atoms with E-state index in [9.17, 15) is 18.0 Å². The van der Waals surface area contributed by atoms with Crippen molar-refractivity contribution >= 4 is 28.0 Å². The van der Waals surface area contributed by atoms with Crippen LogP contribution in [0.1, 0.15) is 33.1 Å². The largest absolute Gasteiger partial charge is 0.493 e. The second-order valence-corrected chi connectivity index (χ2v) is 10.7. The van der Waals surface area contributed by atoms with Crippen LogP contribution in [0, 0.1) is 5.41 Å². The summed E-state index contributed by atoms with van der Waals surface area (Å²) in [6.45, 7) is 4.21. The van der Waals surface area contributed by atoms with E-state index in [1.807, 2.05) is 0 Å². The summed E-state index contributed by atoms with van der Waals surface area (Å²) in [4.78, 5) is 21.4. The zero-order valence-corrected chi connectivity index (χ0v) is 24.0. The summed E-state index contributed by atoms with van der Waals surface area (Å²) in [6, 6.07) is 12.2. The van der Waals surface area contributed by atoms with Crippen molar-refractivity contribution in [3.63, 3.8) is 0 Å². The minimum Gasteiger partial charge on any atom is -0.493 e. The van der Waals surface area contributed by atoms with E-state index in [0.29, 0.717) is 56.3 Å². The molecule has 14 nitrogen and oxygen atoms in total. The molecule has 0 bridgehead atoms. The number of aliphatic carboxylic acids is 2. The first-order valence-electron chi connectivity index (χ1n) is 12.4. The van der Waals surface area contributed by atoms with Crippen molar-refractivity contribution in [1.82, 2.24) is 5.32 Å². The standard InChI is InChI=1S/C20H24O8S.C6H14N4O2/c1-20(2,19(21)22)27-18-7-4-6-17(14-18)26-13-5-12-25-15-8-10-16(11-9-15)28-29(3,23)24;7-4(5(11)12)2-1-3-10-6(8)9/h4,6-11,14H,5,12-13H2,1-3H3,(H,21,22);4H,1-3,7H2,(H,11,12)(H4,8,9,10). The molecule has 15 heteroatoms. The van der Waals surface area contributed by atoms with E-state index >= 15 is 0 Å². The lowest BCUT2D eigenvalue weighted by molar-refractivity contribution is -0.152. The van der Waals surface area contributed by atoms with Gasteiger partial charge < -0.3 is 45.4 Å². The molecule has 2 rings (SSSR count). The summed E-state index contributed by atoms with van der Waals surface area (Å²) in [5.74, 6) is -0.407. The topological polar surface area (TPSA) is 234 Å². The van der Waals surface area contributed by atoms with Gasteiger partial charge in [-0.3, -0.25) is 10.2 Å². The fourth-order valence-electron chi connectivity index (χ4n) is 2.84. The van der Waals surface area contributed by atoms with Crippen molar-refractivity contribution in [2.24, 2.45) is 11.5 Å². The number of nitrogens with two attached hydrogens (primary N) is 2. The Bertz CT molecular complexity index is 1240. The molecule has 0 amide bonds. The first kappa shape index (κ1) is 34.8. The fraction of sp³-hybridized carbons (Fsp3) is 0.423. The van der Waals surface area contributed by atoms with Crippen LogP contribution in [0.25, 0.3) is 0 Å². The van der Waals surface area contributed by atoms with E-state index in [4.69, 9.17) is 45.5 Å². The molecular weight excluding hydrogens is 560 g/mol. The molecule has 0 aliphatic heterocycles. The average molecular weight is 599 g/mol. The van der Waals surface area contributed by atoms with Gasteiger partial charge in [-0.25, -0.2) is 4.79 Å². The number of guanidine groups is 1. The molecular formula is C26H38N4O10S. The van der Waals surface area contributed by atoms with Gasteiger partial charge in [-0.15, -0.1) is 0 Å². The zero-order chi connectivity index (χ0) is 31.1. The highest BCUT2D eigenvalue weighted by atomic mass is 32.2. The summed E-state index contributed by atoms with van der Waals surface area (Å²) < 4.78 is 43.6. The zero-order valence-electron chi connectivity index (χ0n) is 23.2. The molecule has 0 spiro atoms. The lowest BCUT2D eigenvalue weighted by Crippen LogP contribution is -2.37. The molecule has 0 heterocycles. The highest BCUT2D eigenvalue weighted by molar-refractivity contribution is 7.86. The Labute approximate surface area is 239 Å². The van der Waals surface area contributed by atoms with E-state index in [-0.39, 0.29) is 11.7 Å². The Hall–Kier alpha value is -4.24. The summed E-state index contributed by atoms with van der Waals surface area (Å²) in [5.41, 5.74) is 8.88. The summed E-state index contributed by atoms with van der Waals surface area (Å²) >= 11 is 0. The normalized spacial score (nSPS) is 11.7. The van der Waals surface area contributed by atoms with Gasteiger partial charge in [0, 0.05) is 19.0 Å². The van der Waals surface area contributed by atoms with Crippen molar-refractivity contribution in [1.29, 1.82) is 5.41 Å². The van der Waals surface area contributed by atoms with Crippen LogP contribution in [0.2, 0.25) is 0 Å². The molecule has 1 unspecified atom stereocenters. The Morgan fingerprint density at radius 3 is 2.07 bits per heavy atom. The van der Waals surface area contributed by atoms with Gasteiger partial charge >= 0.3 is 22.1 Å². The molecule has 2 aromatic rings. The third-order valence-corrected chi connectivity index (χ3v) is 5.41. The van der Waals surface area contributed by atoms with Gasteiger partial charge in [0.2, 0.25) is 0 Å². The SMILES string of the molecule is CC(C)(Oc1cccc(OCCCOc2ccc(OS(C)(=O)=O)cc2)c1)C(=O)O.N=C(N)NCCCC(N)C(=O)O. The maximum absolute atomic E-state index is 11.1. The second-order valence-electron chi connectivity index (χ2n) is 9.13. The van der Waals surface area contributed by atoms with Crippen molar-refractivity contribution < 1.29 is 46.6 Å². The van der Waals surface area contributed by atoms with Crippen LogP contribution in [0.4, 0.5) is 0 Å². The third-order valence-electron chi connectivity index (χ3n) is 4.92. The van der Waals surface area contributed by atoms with Crippen molar-refractivity contribution in [3.05, 3.63) is 48.5 Å². The van der Waals surface area contributed by atoms with Crippen molar-refractivity contribution in [2.45, 2.75) is 44.8 Å². The molecule has 0 saturated heterocycles. The molecule has 0 radical (unpaired) electrons. The number of hydrogen-bond acceptors (Lipinski definition) is 10. The predicted molar refractivity (Wildman–Crippen MR) is 151 cm³/mol. The van der Waals surface area contributed by atoms with Crippen LogP contribution in [-0.4, -0.2) is 74.2 Å². The number of carboxylic acids is 2. The smallest absolute Gasteiger partial charge is 0.347 e. The van der Waals surface area contributed by atoms with Gasteiger partial charge in [0.05, 0.1) is 19.5 Å². The Morgan fingerprint density at radius 1 is 0.976 bits per heavy atom. The Morgan fingerprint density at radius 2 is 1.54 bits per heavy atom. The molecule has 2 aromatic carbocycles. The Balaban J connectivity index is 0.000000590. The predicted octanol–water partition coefficient (Wildman–Crippen LogP) is 1.78. The van der Waals surface area contributed by atoms with Gasteiger partial charge in [0.15, 0.2) is 11.6 Å². The first-order chi connectivity index (χ1) is 19.1. The van der Waals surface area contributed by atoms with E-state index in [0.717, 1.165) is 6.26 Å². The van der Waals surface area contributed by atoms with E-state index in [2.05, 4.69) is 5.32 Å². The van der Waals surface area contributed by atoms with Crippen LogP contribution in [-0.2, 0) is 19.7 Å². The van der Waals surface area contributed by atoms with Gasteiger partial charge in [-0.2, -0.15) is 8.42 Å². The maximum atomic E-state index is 11.1. The summed E-state index contributed by atoms with van der Waals surface area (Å²) in [5, 5.41) is 26.8. The van der Waals surface area contributed by atoms with E-state index in [1.165, 1.54) is 26.0 Å². The second kappa shape index (κ2) is 16.8. The first-order valence-corrected chi connectivity index (χ1v) is 14.2. The summed E-state index contributed by atoms with van der Waals surface area (Å²) in [6.07, 6.45) is 2.56. The lowest BCUT2D eigenvalue weighted by Gasteiger charge is -2.21. The molecule has 228 valence electrons. The molecule has 41 heavy (non-hydrogen) atoms. The van der Waals surface area contributed by atoms with Crippen LogP contribution in [0.5, 0.6) is 23.0 Å². The van der Waals surface area contributed by atoms with Crippen LogP contribution >= 0.6 is 0 Å². The molecule has 8 N–H and O–H groups in total. The fourth-order valence-corrected chi connectivity index (χ4v) is 3.30. The number of carboxylic acid groups (broad SMARTS) is 2. The van der Waals surface area contributed by atoms with Crippen molar-refractivity contribution in [3.8, 4) is 23.0 Å². The quantitative estimate of drug-likeness (QED) is 0.0700. The molecule has 1 atom stereocenters. The lowest BCUT2D eigenvalue weighted by atomic mass is 10.1. The van der Waals surface area contributed by atoms with Crippen LogP contribution in [0.3, 0.4) is 0 Å². The molecule has 0 aliphatic rings. The number of hydrogen-bond donors (Lipinski definition) is 6. The monoisotopic (exact) mass is 598 g/mol. The van der Waals surface area contributed by atoms with Gasteiger partial charge in [0.1, 0.15) is 29.0 Å². The molecule has 0 aromatic heterocycles. The molecule has 0 saturated carbocycles. The molecule has 0 fully saturated rings. The number of nitrogens with one attached hydrogen (secondary N) is 2. The number of benzene rings is 2. The minimum absolute atomic E-state index is 0.112. The van der Waals surface area contributed by atoms with E-state index in [1.54, 1.807) is 36.4 Å². The maximum Gasteiger partial charge on any atom is 0.347 e. The number of ether oxygens (including phenoxy) is 3. The number of carbonyl (C=O) groups is 2. The van der Waals surface area contributed by atoms with Gasteiger partial charge in [-0.1, -0.05) is 6.07 Å². The van der Waals surface area contributed by atoms with Gasteiger partial charge in [0.25, 0.3) is 0 Å². The Kier molecular flexibility index (Phi) is 14.2. The number of rotatable bonds is 16. The van der Waals surface area contributed by atoms with Crippen LogP contribution < -0.4 is 35.2 Å². The molecule has 0 aliphatic carbocycles. The highest BCUT2D eigenvalue weighted by Crippen LogP contribution is 2.24.